The van der Waals surface area contributed by atoms with Gasteiger partial charge in [-0.2, -0.15) is 0 Å². The number of aromatic nitrogens is 1. The lowest BCUT2D eigenvalue weighted by Crippen LogP contribution is -2.41. The van der Waals surface area contributed by atoms with Crippen LogP contribution < -0.4 is 10.7 Å². The van der Waals surface area contributed by atoms with Crippen molar-refractivity contribution in [2.75, 3.05) is 0 Å². The predicted octanol–water partition coefficient (Wildman–Crippen LogP) is 8.04. The van der Waals surface area contributed by atoms with Crippen LogP contribution in [0.4, 0.5) is 0 Å². The Kier molecular flexibility index (Phi) is 5.37. The van der Waals surface area contributed by atoms with Crippen LogP contribution in [0.3, 0.4) is 0 Å². The summed E-state index contributed by atoms with van der Waals surface area (Å²) in [6.45, 7) is 8.61. The molecule has 4 aliphatic rings. The van der Waals surface area contributed by atoms with E-state index in [-0.39, 0.29) is 5.92 Å². The number of thiophene rings is 1. The van der Waals surface area contributed by atoms with Crippen LogP contribution in [-0.2, 0) is 9.31 Å². The number of benzene rings is 3. The monoisotopic (exact) mass is 579 g/mol. The van der Waals surface area contributed by atoms with E-state index in [2.05, 4.69) is 129 Å². The van der Waals surface area contributed by atoms with Crippen molar-refractivity contribution in [2.24, 2.45) is 0 Å². The van der Waals surface area contributed by atoms with Crippen LogP contribution in [-0.4, -0.2) is 22.9 Å². The second-order valence-electron chi connectivity index (χ2n) is 13.4. The smallest absolute Gasteiger partial charge is 0.399 e. The first-order valence-electron chi connectivity index (χ1n) is 15.5. The van der Waals surface area contributed by atoms with Crippen molar-refractivity contribution >= 4 is 56.4 Å². The molecule has 0 amide bonds. The fraction of sp³-hybridized carbons (Fsp3) is 0.263. The summed E-state index contributed by atoms with van der Waals surface area (Å²) in [6.07, 6.45) is 12.1. The van der Waals surface area contributed by atoms with Gasteiger partial charge in [0.25, 0.3) is 0 Å². The SMILES string of the molecule is CC1(C)OB(C2=CC3CCC=c4c3c3c(n4-c4cccc5c4sc4ccccc45)=CC(c4ccccc4)C=C23)OC1(C)C. The molecule has 5 aromatic rings. The molecule has 2 atom stereocenters. The predicted molar refractivity (Wildman–Crippen MR) is 180 cm³/mol. The molecule has 1 saturated heterocycles. The van der Waals surface area contributed by atoms with Crippen molar-refractivity contribution < 1.29 is 9.31 Å². The standard InChI is InChI=1S/C38H34BNO2S/c1-37(2)38(3,4)42-39(41-37)29-21-24-14-10-17-30-34(24)35-28(29)20-25(23-12-6-5-7-13-23)22-32(35)40(30)31-18-11-16-27-26-15-8-9-19-33(26)43-36(27)31/h5-9,11-13,15-22,24-25H,10,14H2,1-4H3. The molecule has 0 radical (unpaired) electrons. The molecular formula is C38H34BNO2S. The highest BCUT2D eigenvalue weighted by molar-refractivity contribution is 7.26. The zero-order valence-corrected chi connectivity index (χ0v) is 25.9. The summed E-state index contributed by atoms with van der Waals surface area (Å²) >= 11 is 1.91. The Hall–Kier alpha value is -3.64. The van der Waals surface area contributed by atoms with E-state index in [1.807, 2.05) is 11.3 Å². The van der Waals surface area contributed by atoms with E-state index in [1.54, 1.807) is 0 Å². The third kappa shape index (κ3) is 3.62. The maximum Gasteiger partial charge on any atom is 0.495 e. The van der Waals surface area contributed by atoms with Crippen LogP contribution >= 0.6 is 11.3 Å². The van der Waals surface area contributed by atoms with Crippen LogP contribution in [0.25, 0.3) is 43.6 Å². The van der Waals surface area contributed by atoms with Gasteiger partial charge >= 0.3 is 7.12 Å². The van der Waals surface area contributed by atoms with Gasteiger partial charge in [0, 0.05) is 38.2 Å². The minimum atomic E-state index is -0.393. The molecule has 5 heteroatoms. The van der Waals surface area contributed by atoms with E-state index >= 15 is 0 Å². The first-order chi connectivity index (χ1) is 20.8. The Morgan fingerprint density at radius 2 is 1.53 bits per heavy atom. The van der Waals surface area contributed by atoms with Gasteiger partial charge in [-0.3, -0.25) is 0 Å². The average molecular weight is 580 g/mol. The lowest BCUT2D eigenvalue weighted by Gasteiger charge is -2.32. The Labute approximate surface area is 256 Å². The van der Waals surface area contributed by atoms with Gasteiger partial charge < -0.3 is 13.9 Å². The molecule has 2 aromatic heterocycles. The summed E-state index contributed by atoms with van der Waals surface area (Å²) in [7, 11) is -0.393. The summed E-state index contributed by atoms with van der Waals surface area (Å²) in [5.74, 6) is 0.479. The minimum absolute atomic E-state index is 0.141. The Balaban J connectivity index is 1.34. The lowest BCUT2D eigenvalue weighted by molar-refractivity contribution is 0.00578. The Morgan fingerprint density at radius 3 is 2.35 bits per heavy atom. The van der Waals surface area contributed by atoms with Crippen LogP contribution in [0.5, 0.6) is 0 Å². The molecule has 43 heavy (non-hydrogen) atoms. The van der Waals surface area contributed by atoms with Gasteiger partial charge in [0.05, 0.1) is 26.9 Å². The molecule has 1 fully saturated rings. The number of rotatable bonds is 3. The summed E-state index contributed by atoms with van der Waals surface area (Å²) in [5.41, 5.74) is 7.09. The van der Waals surface area contributed by atoms with Gasteiger partial charge in [0.15, 0.2) is 0 Å². The van der Waals surface area contributed by atoms with Gasteiger partial charge in [-0.15, -0.1) is 11.3 Å². The van der Waals surface area contributed by atoms with Gasteiger partial charge in [-0.1, -0.05) is 78.9 Å². The lowest BCUT2D eigenvalue weighted by atomic mass is 9.64. The Morgan fingerprint density at radius 1 is 0.791 bits per heavy atom. The minimum Gasteiger partial charge on any atom is -0.399 e. The van der Waals surface area contributed by atoms with Crippen LogP contribution in [0.2, 0.25) is 0 Å². The molecule has 9 rings (SSSR count). The van der Waals surface area contributed by atoms with Crippen molar-refractivity contribution in [3.63, 3.8) is 0 Å². The number of hydrogen-bond acceptors (Lipinski definition) is 3. The third-order valence-corrected chi connectivity index (χ3v) is 11.6. The highest BCUT2D eigenvalue weighted by atomic mass is 32.1. The summed E-state index contributed by atoms with van der Waals surface area (Å²) < 4.78 is 18.7. The molecule has 1 aliphatic heterocycles. The van der Waals surface area contributed by atoms with Gasteiger partial charge in [0.2, 0.25) is 0 Å². The van der Waals surface area contributed by atoms with E-state index in [4.69, 9.17) is 9.31 Å². The van der Waals surface area contributed by atoms with E-state index < -0.39 is 18.3 Å². The molecule has 3 heterocycles. The largest absolute Gasteiger partial charge is 0.495 e. The molecule has 212 valence electrons. The van der Waals surface area contributed by atoms with E-state index in [9.17, 15) is 0 Å². The van der Waals surface area contributed by atoms with Gasteiger partial charge in [0.1, 0.15) is 0 Å². The van der Waals surface area contributed by atoms with Crippen molar-refractivity contribution in [3.8, 4) is 5.69 Å². The second-order valence-corrected chi connectivity index (χ2v) is 14.5. The molecule has 2 unspecified atom stereocenters. The normalized spacial score (nSPS) is 23.0. The highest BCUT2D eigenvalue weighted by Gasteiger charge is 2.54. The fourth-order valence-electron chi connectivity index (χ4n) is 7.60. The molecule has 3 aliphatic carbocycles. The van der Waals surface area contributed by atoms with Crippen molar-refractivity contribution in [1.82, 2.24) is 4.57 Å². The summed E-state index contributed by atoms with van der Waals surface area (Å²) in [6, 6.07) is 26.5. The van der Waals surface area contributed by atoms with Crippen LogP contribution in [0, 0.1) is 0 Å². The zero-order chi connectivity index (χ0) is 29.1. The van der Waals surface area contributed by atoms with Crippen molar-refractivity contribution in [1.29, 1.82) is 0 Å². The number of hydrogen-bond donors (Lipinski definition) is 0. The number of nitrogens with zero attached hydrogens (tertiary/aromatic N) is 1. The van der Waals surface area contributed by atoms with E-state index in [0.717, 1.165) is 12.8 Å². The topological polar surface area (TPSA) is 23.4 Å². The molecule has 0 saturated carbocycles. The quantitative estimate of drug-likeness (QED) is 0.202. The van der Waals surface area contributed by atoms with Gasteiger partial charge in [-0.05, 0) is 80.9 Å². The molecule has 3 aromatic carbocycles. The van der Waals surface area contributed by atoms with Crippen LogP contribution in [0.1, 0.15) is 69.1 Å². The van der Waals surface area contributed by atoms with E-state index in [0.29, 0.717) is 5.92 Å². The molecule has 0 N–H and O–H groups in total. The first kappa shape index (κ1) is 25.8. The maximum atomic E-state index is 6.72. The molecule has 0 bridgehead atoms. The van der Waals surface area contributed by atoms with Crippen molar-refractivity contribution in [2.45, 2.75) is 63.6 Å². The third-order valence-electron chi connectivity index (χ3n) is 10.4. The van der Waals surface area contributed by atoms with E-state index in [1.165, 1.54) is 64.3 Å². The average Bonchev–Trinajstić information content (AvgIpc) is 3.63. The number of fused-ring (bicyclic) bond motifs is 3. The summed E-state index contributed by atoms with van der Waals surface area (Å²) in [5, 5.41) is 5.32. The number of allylic oxidation sites excluding steroid dienone is 4. The van der Waals surface area contributed by atoms with Crippen LogP contribution in [0.15, 0.2) is 90.4 Å². The maximum absolute atomic E-state index is 6.72. The highest BCUT2D eigenvalue weighted by Crippen LogP contribution is 2.48. The molecule has 3 nitrogen and oxygen atoms in total. The summed E-state index contributed by atoms with van der Waals surface area (Å²) in [4.78, 5) is 0. The van der Waals surface area contributed by atoms with Gasteiger partial charge in [-0.25, -0.2) is 0 Å². The fourth-order valence-corrected chi connectivity index (χ4v) is 8.80. The first-order valence-corrected chi connectivity index (χ1v) is 16.3. The second kappa shape index (κ2) is 8.95. The zero-order valence-electron chi connectivity index (χ0n) is 25.1. The van der Waals surface area contributed by atoms with Crippen molar-refractivity contribution in [3.05, 3.63) is 118 Å². The Bertz CT molecular complexity index is 2150. The molecular weight excluding hydrogens is 545 g/mol. The molecule has 0 spiro atoms.